The molecule has 2 atom stereocenters. The number of ether oxygens (including phenoxy) is 1. The van der Waals surface area contributed by atoms with E-state index in [1.54, 1.807) is 12.1 Å². The van der Waals surface area contributed by atoms with E-state index in [2.05, 4.69) is 6.92 Å². The van der Waals surface area contributed by atoms with Gasteiger partial charge in [-0.05, 0) is 36.1 Å². The van der Waals surface area contributed by atoms with Crippen molar-refractivity contribution in [2.75, 3.05) is 7.11 Å². The molecule has 0 spiro atoms. The van der Waals surface area contributed by atoms with Gasteiger partial charge >= 0.3 is 5.97 Å². The van der Waals surface area contributed by atoms with Gasteiger partial charge in [-0.15, -0.1) is 0 Å². The highest BCUT2D eigenvalue weighted by Crippen LogP contribution is 2.45. The van der Waals surface area contributed by atoms with E-state index in [1.165, 1.54) is 12.7 Å². The predicted molar refractivity (Wildman–Crippen MR) is 65.0 cm³/mol. The van der Waals surface area contributed by atoms with Crippen LogP contribution >= 0.6 is 0 Å². The zero-order chi connectivity index (χ0) is 12.6. The molecule has 0 aliphatic heterocycles. The van der Waals surface area contributed by atoms with Gasteiger partial charge in [0.15, 0.2) is 0 Å². The number of esters is 1. The van der Waals surface area contributed by atoms with Gasteiger partial charge in [0, 0.05) is 5.41 Å². The third-order valence-electron chi connectivity index (χ3n) is 4.13. The lowest BCUT2D eigenvalue weighted by Crippen LogP contribution is -2.34. The second-order valence-corrected chi connectivity index (χ2v) is 5.00. The fraction of sp³-hybridized carbons (Fsp3) is 0.500. The second-order valence-electron chi connectivity index (χ2n) is 5.00. The number of aryl methyl sites for hydroxylation is 1. The first-order chi connectivity index (χ1) is 7.99. The molecular weight excluding hydrogens is 216 g/mol. The van der Waals surface area contributed by atoms with Crippen molar-refractivity contribution in [1.29, 1.82) is 0 Å². The summed E-state index contributed by atoms with van der Waals surface area (Å²) in [4.78, 5) is 11.7. The fourth-order valence-electron chi connectivity index (χ4n) is 2.73. The Morgan fingerprint density at radius 2 is 2.24 bits per heavy atom. The summed E-state index contributed by atoms with van der Waals surface area (Å²) in [6.45, 7) is 3.96. The molecule has 1 aromatic carbocycles. The highest BCUT2D eigenvalue weighted by molar-refractivity contribution is 5.74. The first-order valence-electron chi connectivity index (χ1n) is 5.89. The van der Waals surface area contributed by atoms with Gasteiger partial charge in [-0.25, -0.2) is 0 Å². The number of hydrogen-bond donors (Lipinski definition) is 1. The van der Waals surface area contributed by atoms with Gasteiger partial charge in [0.05, 0.1) is 13.0 Å². The molecule has 1 aromatic rings. The lowest BCUT2D eigenvalue weighted by Gasteiger charge is -2.30. The number of aromatic hydroxyl groups is 1. The topological polar surface area (TPSA) is 46.5 Å². The van der Waals surface area contributed by atoms with E-state index in [-0.39, 0.29) is 23.1 Å². The Balaban J connectivity index is 2.43. The SMILES string of the molecule is COC(=O)[C@H](C)[C@@]1(C)CCc2ccc(O)cc21. The number of phenols is 1. The van der Waals surface area contributed by atoms with E-state index in [9.17, 15) is 9.90 Å². The molecule has 0 unspecified atom stereocenters. The minimum atomic E-state index is -0.235. The van der Waals surface area contributed by atoms with Gasteiger partial charge in [0.25, 0.3) is 0 Å². The third-order valence-corrected chi connectivity index (χ3v) is 4.13. The van der Waals surface area contributed by atoms with E-state index in [4.69, 9.17) is 4.74 Å². The summed E-state index contributed by atoms with van der Waals surface area (Å²) in [7, 11) is 1.42. The molecule has 1 aliphatic rings. The van der Waals surface area contributed by atoms with Crippen molar-refractivity contribution in [3.63, 3.8) is 0 Å². The molecule has 0 bridgehead atoms. The highest BCUT2D eigenvalue weighted by Gasteiger charge is 2.42. The standard InChI is InChI=1S/C14H18O3/c1-9(13(16)17-3)14(2)7-6-10-4-5-11(15)8-12(10)14/h4-5,8-9,15H,6-7H2,1-3H3/t9-,14+/m0/s1. The Bertz CT molecular complexity index is 453. The largest absolute Gasteiger partial charge is 0.508 e. The molecule has 17 heavy (non-hydrogen) atoms. The minimum Gasteiger partial charge on any atom is -0.508 e. The Kier molecular flexibility index (Phi) is 2.86. The number of carbonyl (C=O) groups excluding carboxylic acids is 1. The highest BCUT2D eigenvalue weighted by atomic mass is 16.5. The smallest absolute Gasteiger partial charge is 0.309 e. The number of fused-ring (bicyclic) bond motifs is 1. The van der Waals surface area contributed by atoms with Crippen molar-refractivity contribution in [2.24, 2.45) is 5.92 Å². The molecule has 0 saturated heterocycles. The van der Waals surface area contributed by atoms with Crippen LogP contribution < -0.4 is 0 Å². The summed E-state index contributed by atoms with van der Waals surface area (Å²) in [5.74, 6) is -0.131. The third kappa shape index (κ3) is 1.79. The molecule has 3 nitrogen and oxygen atoms in total. The van der Waals surface area contributed by atoms with Crippen LogP contribution in [-0.2, 0) is 21.4 Å². The van der Waals surface area contributed by atoms with Gasteiger partial charge < -0.3 is 9.84 Å². The van der Waals surface area contributed by atoms with Crippen molar-refractivity contribution in [3.8, 4) is 5.75 Å². The van der Waals surface area contributed by atoms with Crippen molar-refractivity contribution in [2.45, 2.75) is 32.1 Å². The van der Waals surface area contributed by atoms with Crippen LogP contribution in [0.4, 0.5) is 0 Å². The molecule has 0 heterocycles. The summed E-state index contributed by atoms with van der Waals surface area (Å²) in [5, 5.41) is 9.59. The van der Waals surface area contributed by atoms with Gasteiger partial charge in [0.2, 0.25) is 0 Å². The zero-order valence-electron chi connectivity index (χ0n) is 10.5. The number of rotatable bonds is 2. The monoisotopic (exact) mass is 234 g/mol. The number of methoxy groups -OCH3 is 1. The maximum atomic E-state index is 11.7. The molecule has 1 N–H and O–H groups in total. The first-order valence-corrected chi connectivity index (χ1v) is 5.89. The lowest BCUT2D eigenvalue weighted by atomic mass is 9.73. The van der Waals surface area contributed by atoms with Crippen LogP contribution in [0.2, 0.25) is 0 Å². The van der Waals surface area contributed by atoms with E-state index in [1.807, 2.05) is 13.0 Å². The number of benzene rings is 1. The van der Waals surface area contributed by atoms with Crippen molar-refractivity contribution < 1.29 is 14.6 Å². The number of phenolic OH excluding ortho intramolecular Hbond substituents is 1. The Labute approximate surface area is 101 Å². The molecule has 0 saturated carbocycles. The Hall–Kier alpha value is -1.51. The molecule has 1 aliphatic carbocycles. The van der Waals surface area contributed by atoms with Crippen molar-refractivity contribution >= 4 is 5.97 Å². The predicted octanol–water partition coefficient (Wildman–Crippen LogP) is 2.41. The van der Waals surface area contributed by atoms with Crippen LogP contribution in [0.15, 0.2) is 18.2 Å². The van der Waals surface area contributed by atoms with Gasteiger partial charge in [-0.1, -0.05) is 19.9 Å². The normalized spacial score (nSPS) is 24.2. The van der Waals surface area contributed by atoms with Crippen LogP contribution in [0.25, 0.3) is 0 Å². The maximum absolute atomic E-state index is 11.7. The molecule has 0 radical (unpaired) electrons. The van der Waals surface area contributed by atoms with Crippen molar-refractivity contribution in [1.82, 2.24) is 0 Å². The minimum absolute atomic E-state index is 0.191. The van der Waals surface area contributed by atoms with Crippen LogP contribution in [0.3, 0.4) is 0 Å². The first kappa shape index (κ1) is 12.0. The molecule has 2 rings (SSSR count). The maximum Gasteiger partial charge on any atom is 0.309 e. The Morgan fingerprint density at radius 1 is 1.53 bits per heavy atom. The fourth-order valence-corrected chi connectivity index (χ4v) is 2.73. The summed E-state index contributed by atoms with van der Waals surface area (Å²) in [6.07, 6.45) is 1.87. The van der Waals surface area contributed by atoms with E-state index in [0.29, 0.717) is 0 Å². The van der Waals surface area contributed by atoms with Gasteiger partial charge in [0.1, 0.15) is 5.75 Å². The van der Waals surface area contributed by atoms with E-state index < -0.39 is 0 Å². The summed E-state index contributed by atoms with van der Waals surface area (Å²) < 4.78 is 4.83. The second kappa shape index (κ2) is 4.06. The molecular formula is C14H18O3. The Morgan fingerprint density at radius 3 is 2.88 bits per heavy atom. The number of carbonyl (C=O) groups is 1. The van der Waals surface area contributed by atoms with E-state index >= 15 is 0 Å². The average Bonchev–Trinajstić information content (AvgIpc) is 2.66. The van der Waals surface area contributed by atoms with Crippen molar-refractivity contribution in [3.05, 3.63) is 29.3 Å². The molecule has 0 fully saturated rings. The van der Waals surface area contributed by atoms with Crippen LogP contribution in [0.1, 0.15) is 31.4 Å². The van der Waals surface area contributed by atoms with Gasteiger partial charge in [-0.2, -0.15) is 0 Å². The summed E-state index contributed by atoms with van der Waals surface area (Å²) >= 11 is 0. The summed E-state index contributed by atoms with van der Waals surface area (Å²) in [6, 6.07) is 5.43. The molecule has 92 valence electrons. The quantitative estimate of drug-likeness (QED) is 0.799. The van der Waals surface area contributed by atoms with Crippen LogP contribution in [0, 0.1) is 5.92 Å². The number of hydrogen-bond acceptors (Lipinski definition) is 3. The summed E-state index contributed by atoms with van der Waals surface area (Å²) in [5.41, 5.74) is 2.07. The molecule has 0 amide bonds. The molecule has 0 aromatic heterocycles. The molecule has 3 heteroatoms. The van der Waals surface area contributed by atoms with E-state index in [0.717, 1.165) is 18.4 Å². The average molecular weight is 234 g/mol. The van der Waals surface area contributed by atoms with Crippen LogP contribution in [0.5, 0.6) is 5.75 Å². The zero-order valence-corrected chi connectivity index (χ0v) is 10.5. The lowest BCUT2D eigenvalue weighted by molar-refractivity contribution is -0.147. The van der Waals surface area contributed by atoms with Crippen LogP contribution in [-0.4, -0.2) is 18.2 Å². The van der Waals surface area contributed by atoms with Gasteiger partial charge in [-0.3, -0.25) is 4.79 Å².